The van der Waals surface area contributed by atoms with Gasteiger partial charge >= 0.3 is 6.03 Å². The van der Waals surface area contributed by atoms with Crippen molar-refractivity contribution >= 4 is 6.03 Å². The molecule has 0 aromatic rings. The summed E-state index contributed by atoms with van der Waals surface area (Å²) in [7, 11) is 0. The van der Waals surface area contributed by atoms with Crippen LogP contribution in [-0.4, -0.2) is 29.6 Å². The molecule has 21 heavy (non-hydrogen) atoms. The molecule has 118 valence electrons. The summed E-state index contributed by atoms with van der Waals surface area (Å²) in [6.45, 7) is 0. The highest BCUT2D eigenvalue weighted by molar-refractivity contribution is 5.74. The molecule has 2 amide bonds. The number of aliphatic hydroxyl groups excluding tert-OH is 1. The molecule has 4 fully saturated rings. The van der Waals surface area contributed by atoms with E-state index in [1.807, 2.05) is 0 Å². The Kier molecular flexibility index (Phi) is 3.58. The van der Waals surface area contributed by atoms with Crippen LogP contribution in [0.4, 0.5) is 4.79 Å². The number of carbonyl (C=O) groups is 1. The molecule has 0 aromatic heterocycles. The minimum atomic E-state index is -0.923. The summed E-state index contributed by atoms with van der Waals surface area (Å²) in [6, 6.07) is 0.468. The zero-order valence-electron chi connectivity index (χ0n) is 12.6. The highest BCUT2D eigenvalue weighted by Gasteiger charge is 2.41. The molecular weight excluding hydrogens is 266 g/mol. The molecule has 4 rings (SSSR count). The maximum absolute atomic E-state index is 12.0. The Labute approximate surface area is 126 Å². The number of carbonyl (C=O) groups excluding carboxylic acids is 1. The molecule has 0 spiro atoms. The summed E-state index contributed by atoms with van der Waals surface area (Å²) >= 11 is 0. The molecule has 4 aliphatic carbocycles. The lowest BCUT2D eigenvalue weighted by molar-refractivity contribution is 0.0846. The molecule has 0 aromatic carbocycles. The van der Waals surface area contributed by atoms with Crippen molar-refractivity contribution in [3.63, 3.8) is 0 Å². The number of hydrogen-bond acceptors (Lipinski definition) is 3. The van der Waals surface area contributed by atoms with Crippen molar-refractivity contribution in [1.82, 2.24) is 16.0 Å². The Morgan fingerprint density at radius 3 is 2.05 bits per heavy atom. The van der Waals surface area contributed by atoms with Crippen LogP contribution in [0.15, 0.2) is 0 Å². The smallest absolute Gasteiger partial charge is 0.318 e. The van der Waals surface area contributed by atoms with E-state index in [9.17, 15) is 9.90 Å². The monoisotopic (exact) mass is 293 g/mol. The number of amides is 2. The summed E-state index contributed by atoms with van der Waals surface area (Å²) in [4.78, 5) is 12.0. The Balaban J connectivity index is 1.21. The van der Waals surface area contributed by atoms with Gasteiger partial charge in [0.1, 0.15) is 0 Å². The average molecular weight is 293 g/mol. The molecular formula is C16H27N3O2. The van der Waals surface area contributed by atoms with Gasteiger partial charge in [-0.1, -0.05) is 12.8 Å². The molecule has 4 aliphatic rings. The minimum Gasteiger partial charge on any atom is -0.361 e. The fourth-order valence-electron chi connectivity index (χ4n) is 5.45. The molecule has 7 unspecified atom stereocenters. The number of urea groups is 1. The third-order valence-corrected chi connectivity index (χ3v) is 6.43. The number of nitrogens with one attached hydrogen (secondary N) is 3. The van der Waals surface area contributed by atoms with Crippen LogP contribution in [0.25, 0.3) is 0 Å². The molecule has 4 saturated carbocycles. The zero-order valence-corrected chi connectivity index (χ0v) is 12.6. The molecule has 0 radical (unpaired) electrons. The van der Waals surface area contributed by atoms with Crippen LogP contribution in [0.2, 0.25) is 0 Å². The van der Waals surface area contributed by atoms with Crippen LogP contribution in [0.5, 0.6) is 0 Å². The van der Waals surface area contributed by atoms with Crippen molar-refractivity contribution < 1.29 is 9.90 Å². The van der Waals surface area contributed by atoms with Gasteiger partial charge in [-0.3, -0.25) is 10.6 Å². The van der Waals surface area contributed by atoms with E-state index in [2.05, 4.69) is 16.0 Å². The summed E-state index contributed by atoms with van der Waals surface area (Å²) < 4.78 is 0. The van der Waals surface area contributed by atoms with E-state index >= 15 is 0 Å². The predicted molar refractivity (Wildman–Crippen MR) is 79.3 cm³/mol. The molecule has 0 heterocycles. The Morgan fingerprint density at radius 2 is 1.52 bits per heavy atom. The SMILES string of the molecule is O=C(NC(O)NC1CC2CCC1C2)NC1CC2CCC1C2. The lowest BCUT2D eigenvalue weighted by Crippen LogP contribution is -2.55. The minimum absolute atomic E-state index is 0.226. The maximum Gasteiger partial charge on any atom is 0.318 e. The van der Waals surface area contributed by atoms with Crippen LogP contribution in [0, 0.1) is 23.7 Å². The lowest BCUT2D eigenvalue weighted by Gasteiger charge is -2.28. The van der Waals surface area contributed by atoms with E-state index in [4.69, 9.17) is 0 Å². The van der Waals surface area contributed by atoms with Gasteiger partial charge in [-0.25, -0.2) is 4.79 Å². The van der Waals surface area contributed by atoms with Crippen molar-refractivity contribution in [1.29, 1.82) is 0 Å². The molecule has 0 aliphatic heterocycles. The van der Waals surface area contributed by atoms with Gasteiger partial charge in [-0.15, -0.1) is 0 Å². The number of aliphatic hydroxyl groups is 1. The van der Waals surface area contributed by atoms with Gasteiger partial charge in [0.05, 0.1) is 0 Å². The van der Waals surface area contributed by atoms with E-state index in [-0.39, 0.29) is 6.03 Å². The summed E-state index contributed by atoms with van der Waals surface area (Å²) in [5.74, 6) is 3.01. The average Bonchev–Trinajstić information content (AvgIpc) is 3.18. The van der Waals surface area contributed by atoms with E-state index in [1.165, 1.54) is 38.5 Å². The molecule has 4 N–H and O–H groups in total. The quantitative estimate of drug-likeness (QED) is 0.594. The topological polar surface area (TPSA) is 73.4 Å². The van der Waals surface area contributed by atoms with Gasteiger partial charge in [-0.05, 0) is 62.2 Å². The van der Waals surface area contributed by atoms with Crippen molar-refractivity contribution in [3.8, 4) is 0 Å². The van der Waals surface area contributed by atoms with Crippen molar-refractivity contribution in [2.24, 2.45) is 23.7 Å². The van der Waals surface area contributed by atoms with Gasteiger partial charge in [0.25, 0.3) is 0 Å². The maximum atomic E-state index is 12.0. The number of fused-ring (bicyclic) bond motifs is 4. The van der Waals surface area contributed by atoms with E-state index in [0.717, 1.165) is 24.7 Å². The normalized spacial score (nSPS) is 45.0. The Hall–Kier alpha value is -0.810. The molecule has 5 nitrogen and oxygen atoms in total. The molecule has 5 heteroatoms. The second kappa shape index (κ2) is 5.43. The van der Waals surface area contributed by atoms with Gasteiger partial charge in [0.15, 0.2) is 6.35 Å². The second-order valence-electron chi connectivity index (χ2n) is 7.75. The van der Waals surface area contributed by atoms with Crippen LogP contribution in [-0.2, 0) is 0 Å². The number of rotatable bonds is 4. The first-order valence-electron chi connectivity index (χ1n) is 8.68. The first-order chi connectivity index (χ1) is 10.2. The van der Waals surface area contributed by atoms with Crippen LogP contribution in [0.1, 0.15) is 51.4 Å². The fraction of sp³-hybridized carbons (Fsp3) is 0.938. The van der Waals surface area contributed by atoms with Gasteiger partial charge < -0.3 is 10.4 Å². The van der Waals surface area contributed by atoms with E-state index in [1.54, 1.807) is 0 Å². The molecule has 4 bridgehead atoms. The van der Waals surface area contributed by atoms with Gasteiger partial charge in [0, 0.05) is 12.1 Å². The lowest BCUT2D eigenvalue weighted by atomic mass is 9.95. The van der Waals surface area contributed by atoms with Crippen LogP contribution >= 0.6 is 0 Å². The van der Waals surface area contributed by atoms with Crippen LogP contribution in [0.3, 0.4) is 0 Å². The van der Waals surface area contributed by atoms with E-state index < -0.39 is 6.35 Å². The van der Waals surface area contributed by atoms with Crippen molar-refractivity contribution in [2.75, 3.05) is 0 Å². The highest BCUT2D eigenvalue weighted by Crippen LogP contribution is 2.45. The van der Waals surface area contributed by atoms with Gasteiger partial charge in [-0.2, -0.15) is 0 Å². The van der Waals surface area contributed by atoms with Crippen LogP contribution < -0.4 is 16.0 Å². The predicted octanol–water partition coefficient (Wildman–Crippen LogP) is 1.53. The third kappa shape index (κ3) is 2.78. The van der Waals surface area contributed by atoms with Crippen molar-refractivity contribution in [3.05, 3.63) is 0 Å². The molecule has 0 saturated heterocycles. The Morgan fingerprint density at radius 1 is 0.905 bits per heavy atom. The summed E-state index contributed by atoms with van der Waals surface area (Å²) in [6.07, 6.45) is 9.11. The van der Waals surface area contributed by atoms with Crippen molar-refractivity contribution in [2.45, 2.75) is 69.8 Å². The highest BCUT2D eigenvalue weighted by atomic mass is 16.3. The first kappa shape index (κ1) is 13.8. The second-order valence-corrected chi connectivity index (χ2v) is 7.75. The zero-order chi connectivity index (χ0) is 14.4. The largest absolute Gasteiger partial charge is 0.361 e. The third-order valence-electron chi connectivity index (χ3n) is 6.43. The molecule has 7 atom stereocenters. The first-order valence-corrected chi connectivity index (χ1v) is 8.68. The fourth-order valence-corrected chi connectivity index (χ4v) is 5.45. The standard InChI is InChI=1S/C16H27N3O2/c20-15(17-13-7-9-1-3-11(13)5-9)19-16(21)18-14-8-10-2-4-12(14)6-10/h9-15,17,20H,1-8H2,(H2,18,19,21). The number of hydrogen-bond donors (Lipinski definition) is 4. The van der Waals surface area contributed by atoms with E-state index in [0.29, 0.717) is 23.9 Å². The Bertz CT molecular complexity index is 416. The summed E-state index contributed by atoms with van der Waals surface area (Å²) in [5.41, 5.74) is 0. The van der Waals surface area contributed by atoms with Gasteiger partial charge in [0.2, 0.25) is 0 Å². The summed E-state index contributed by atoms with van der Waals surface area (Å²) in [5, 5.41) is 18.9.